The summed E-state index contributed by atoms with van der Waals surface area (Å²) < 4.78 is 0.966. The van der Waals surface area contributed by atoms with Gasteiger partial charge in [-0.3, -0.25) is 0 Å². The number of nitrogens with one attached hydrogen (secondary N) is 1. The number of hydrogen-bond donors (Lipinski definition) is 1. The van der Waals surface area contributed by atoms with E-state index in [0.717, 1.165) is 31.1 Å². The maximum Gasteiger partial charge on any atom is 0.155 e. The largest absolute Gasteiger partial charge is 1.00 e. The Morgan fingerprint density at radius 2 is 2.00 bits per heavy atom. The standard InChI is InChI=1S/C9H16ClN4.ClH/c10-2-1-3-14-7-12-4-9(11-14)5-13(6-12)8-14;/h1-2,9,11H,3-8H2;1H/q+1;/p-1. The molecule has 2 unspecified atom stereocenters. The Balaban J connectivity index is 0.000000853. The third-order valence-electron chi connectivity index (χ3n) is 3.30. The van der Waals surface area contributed by atoms with E-state index in [1.54, 1.807) is 5.54 Å². The summed E-state index contributed by atoms with van der Waals surface area (Å²) in [5.74, 6) is 0. The van der Waals surface area contributed by atoms with Crippen molar-refractivity contribution in [1.82, 2.24) is 15.2 Å². The van der Waals surface area contributed by atoms with E-state index in [-0.39, 0.29) is 12.4 Å². The highest BCUT2D eigenvalue weighted by Crippen LogP contribution is 2.25. The predicted octanol–water partition coefficient (Wildman–Crippen LogP) is -3.05. The topological polar surface area (TPSA) is 18.5 Å². The molecule has 4 rings (SSSR count). The number of nitrogens with zero attached hydrogens (tertiary/aromatic N) is 3. The molecule has 0 aliphatic carbocycles. The van der Waals surface area contributed by atoms with Crippen molar-refractivity contribution in [2.75, 3.05) is 39.6 Å². The van der Waals surface area contributed by atoms with Crippen LogP contribution in [0.25, 0.3) is 0 Å². The SMILES string of the molecule is ClC=CC[N+]12CN3CC(CN(C3)C1)N2.[Cl-]. The molecule has 4 bridgehead atoms. The van der Waals surface area contributed by atoms with Gasteiger partial charge in [0, 0.05) is 18.6 Å². The van der Waals surface area contributed by atoms with Gasteiger partial charge in [-0.15, -0.1) is 0 Å². The van der Waals surface area contributed by atoms with Crippen LogP contribution in [0.3, 0.4) is 0 Å². The van der Waals surface area contributed by atoms with E-state index < -0.39 is 0 Å². The van der Waals surface area contributed by atoms with E-state index in [1.165, 1.54) is 13.1 Å². The van der Waals surface area contributed by atoms with Gasteiger partial charge in [-0.1, -0.05) is 11.6 Å². The minimum absolute atomic E-state index is 0. The monoisotopic (exact) mass is 250 g/mol. The molecule has 2 atom stereocenters. The van der Waals surface area contributed by atoms with Crippen LogP contribution >= 0.6 is 11.6 Å². The summed E-state index contributed by atoms with van der Waals surface area (Å²) in [5, 5.41) is 0. The third-order valence-corrected chi connectivity index (χ3v) is 3.48. The second-order valence-corrected chi connectivity index (χ2v) is 4.90. The Labute approximate surface area is 101 Å². The quantitative estimate of drug-likeness (QED) is 0.526. The van der Waals surface area contributed by atoms with Crippen LogP contribution in [0.15, 0.2) is 11.6 Å². The maximum atomic E-state index is 5.60. The molecule has 6 heteroatoms. The smallest absolute Gasteiger partial charge is 0.155 e. The van der Waals surface area contributed by atoms with Gasteiger partial charge in [0.2, 0.25) is 0 Å². The lowest BCUT2D eigenvalue weighted by Gasteiger charge is -2.59. The minimum atomic E-state index is 0. The van der Waals surface area contributed by atoms with Crippen molar-refractivity contribution in [3.63, 3.8) is 0 Å². The van der Waals surface area contributed by atoms with E-state index in [9.17, 15) is 0 Å². The lowest BCUT2D eigenvalue weighted by atomic mass is 10.1. The molecule has 4 nitrogen and oxygen atoms in total. The van der Waals surface area contributed by atoms with Gasteiger partial charge < -0.3 is 12.4 Å². The van der Waals surface area contributed by atoms with E-state index >= 15 is 0 Å². The summed E-state index contributed by atoms with van der Waals surface area (Å²) in [5.41, 5.74) is 5.33. The average Bonchev–Trinajstić information content (AvgIpc) is 2.12. The van der Waals surface area contributed by atoms with Gasteiger partial charge in [-0.05, 0) is 6.08 Å². The molecular weight excluding hydrogens is 235 g/mol. The van der Waals surface area contributed by atoms with Crippen LogP contribution in [0.5, 0.6) is 0 Å². The van der Waals surface area contributed by atoms with Crippen molar-refractivity contribution < 1.29 is 17.0 Å². The highest BCUT2D eigenvalue weighted by atomic mass is 35.5. The van der Waals surface area contributed by atoms with Crippen LogP contribution in [0, 0.1) is 0 Å². The lowest BCUT2D eigenvalue weighted by Crippen LogP contribution is -3.00. The van der Waals surface area contributed by atoms with Crippen LogP contribution in [0.4, 0.5) is 0 Å². The first-order valence-corrected chi connectivity index (χ1v) is 5.57. The fourth-order valence-corrected chi connectivity index (χ4v) is 3.13. The molecule has 0 aromatic carbocycles. The summed E-state index contributed by atoms with van der Waals surface area (Å²) in [6, 6.07) is 0.648. The first kappa shape index (κ1) is 11.6. The molecule has 4 fully saturated rings. The molecule has 4 aliphatic rings. The molecule has 0 aromatic heterocycles. The Kier molecular flexibility index (Phi) is 3.26. The summed E-state index contributed by atoms with van der Waals surface area (Å²) in [6.45, 7) is 6.81. The zero-order valence-corrected chi connectivity index (χ0v) is 10.1. The van der Waals surface area contributed by atoms with Gasteiger partial charge in [0.15, 0.2) is 13.3 Å². The molecular formula is C9H16Cl2N4. The Bertz CT molecular complexity index is 234. The first-order valence-electron chi connectivity index (χ1n) is 5.13. The lowest BCUT2D eigenvalue weighted by molar-refractivity contribution is -1.00. The van der Waals surface area contributed by atoms with Crippen molar-refractivity contribution in [3.05, 3.63) is 11.6 Å². The molecule has 4 saturated heterocycles. The third kappa shape index (κ3) is 2.02. The molecule has 0 saturated carbocycles. The zero-order valence-electron chi connectivity index (χ0n) is 8.57. The van der Waals surface area contributed by atoms with Gasteiger partial charge in [0.1, 0.15) is 6.54 Å². The minimum Gasteiger partial charge on any atom is -1.00 e. The Hall–Kier alpha value is 0.160. The molecule has 4 aliphatic heterocycles. The molecule has 0 spiro atoms. The molecule has 4 heterocycles. The van der Waals surface area contributed by atoms with Crippen LogP contribution in [0.1, 0.15) is 0 Å². The number of rotatable bonds is 2. The van der Waals surface area contributed by atoms with Crippen molar-refractivity contribution in [2.45, 2.75) is 6.04 Å². The second-order valence-electron chi connectivity index (χ2n) is 4.65. The van der Waals surface area contributed by atoms with E-state index in [1.807, 2.05) is 6.08 Å². The Morgan fingerprint density at radius 3 is 2.53 bits per heavy atom. The zero-order chi connectivity index (χ0) is 9.60. The first-order chi connectivity index (χ1) is 6.80. The van der Waals surface area contributed by atoms with E-state index in [0.29, 0.717) is 6.04 Å². The summed E-state index contributed by atoms with van der Waals surface area (Å²) in [4.78, 5) is 5.05. The molecule has 0 radical (unpaired) electrons. The second kappa shape index (κ2) is 4.20. The fraction of sp³-hybridized carbons (Fsp3) is 0.778. The molecule has 86 valence electrons. The molecule has 0 amide bonds. The van der Waals surface area contributed by atoms with Crippen LogP contribution < -0.4 is 17.8 Å². The average molecular weight is 251 g/mol. The maximum absolute atomic E-state index is 5.60. The van der Waals surface area contributed by atoms with E-state index in [4.69, 9.17) is 11.6 Å². The molecule has 15 heavy (non-hydrogen) atoms. The van der Waals surface area contributed by atoms with Crippen molar-refractivity contribution in [3.8, 4) is 0 Å². The van der Waals surface area contributed by atoms with Crippen molar-refractivity contribution in [1.29, 1.82) is 0 Å². The summed E-state index contributed by atoms with van der Waals surface area (Å²) in [7, 11) is 0. The van der Waals surface area contributed by atoms with Gasteiger partial charge in [-0.2, -0.15) is 5.43 Å². The van der Waals surface area contributed by atoms with Crippen LogP contribution in [-0.2, 0) is 0 Å². The van der Waals surface area contributed by atoms with Crippen molar-refractivity contribution in [2.24, 2.45) is 0 Å². The Morgan fingerprint density at radius 1 is 1.33 bits per heavy atom. The molecule has 1 N–H and O–H groups in total. The van der Waals surface area contributed by atoms with Gasteiger partial charge in [-0.25, -0.2) is 14.4 Å². The fourth-order valence-electron chi connectivity index (χ4n) is 3.06. The van der Waals surface area contributed by atoms with E-state index in [2.05, 4.69) is 15.2 Å². The normalized spacial score (nSPS) is 47.1. The highest BCUT2D eigenvalue weighted by molar-refractivity contribution is 6.25. The van der Waals surface area contributed by atoms with Gasteiger partial charge in [0.05, 0.1) is 12.7 Å². The molecule has 0 aromatic rings. The predicted molar refractivity (Wildman–Crippen MR) is 55.1 cm³/mol. The number of halogens is 2. The highest BCUT2D eigenvalue weighted by Gasteiger charge is 2.48. The number of quaternary nitrogens is 1. The van der Waals surface area contributed by atoms with Crippen molar-refractivity contribution >= 4 is 11.6 Å². The number of hydrogen-bond acceptors (Lipinski definition) is 3. The van der Waals surface area contributed by atoms with Crippen LogP contribution in [0.2, 0.25) is 0 Å². The summed E-state index contributed by atoms with van der Waals surface area (Å²) >= 11 is 5.60. The van der Waals surface area contributed by atoms with Gasteiger partial charge >= 0.3 is 0 Å². The summed E-state index contributed by atoms with van der Waals surface area (Å²) in [6.07, 6.45) is 2.05. The van der Waals surface area contributed by atoms with Gasteiger partial charge in [0.25, 0.3) is 0 Å². The van der Waals surface area contributed by atoms with Crippen LogP contribution in [-0.4, -0.2) is 60.1 Å².